The number of fused-ring (bicyclic) bond motifs is 1. The van der Waals surface area contributed by atoms with Gasteiger partial charge in [-0.1, -0.05) is 5.16 Å². The van der Waals surface area contributed by atoms with Gasteiger partial charge in [-0.2, -0.15) is 0 Å². The van der Waals surface area contributed by atoms with Crippen LogP contribution in [0.2, 0.25) is 0 Å². The topological polar surface area (TPSA) is 43.1 Å². The highest BCUT2D eigenvalue weighted by atomic mass is 16.5. The third kappa shape index (κ3) is 0.512. The van der Waals surface area contributed by atoms with Gasteiger partial charge in [0.05, 0.1) is 6.20 Å². The molecule has 1 aromatic heterocycles. The van der Waals surface area contributed by atoms with Crippen LogP contribution in [0.25, 0.3) is 0 Å². The zero-order chi connectivity index (χ0) is 6.27. The number of rotatable bonds is 0. The average molecular weight is 123 g/mol. The molecule has 3 heteroatoms. The summed E-state index contributed by atoms with van der Waals surface area (Å²) in [5.74, 6) is 0.553. The lowest BCUT2D eigenvalue weighted by Gasteiger charge is -1.77. The summed E-state index contributed by atoms with van der Waals surface area (Å²) >= 11 is 0. The summed E-state index contributed by atoms with van der Waals surface area (Å²) < 4.78 is 4.69. The van der Waals surface area contributed by atoms with E-state index in [1.165, 1.54) is 0 Å². The Morgan fingerprint density at radius 2 is 2.44 bits per heavy atom. The summed E-state index contributed by atoms with van der Waals surface area (Å²) in [5.41, 5.74) is 0.958. The van der Waals surface area contributed by atoms with Gasteiger partial charge in [-0.15, -0.1) is 0 Å². The van der Waals surface area contributed by atoms with Gasteiger partial charge >= 0.3 is 0 Å². The number of aromatic nitrogens is 1. The van der Waals surface area contributed by atoms with Crippen LogP contribution >= 0.6 is 0 Å². The Labute approximate surface area is 51.6 Å². The summed E-state index contributed by atoms with van der Waals surface area (Å²) in [5, 5.41) is 3.50. The molecule has 0 spiro atoms. The van der Waals surface area contributed by atoms with Crippen molar-refractivity contribution in [2.75, 3.05) is 0 Å². The molecule has 0 N–H and O–H groups in total. The molecule has 0 saturated heterocycles. The van der Waals surface area contributed by atoms with E-state index in [1.54, 1.807) is 6.20 Å². The van der Waals surface area contributed by atoms with Crippen molar-refractivity contribution in [3.63, 3.8) is 0 Å². The Morgan fingerprint density at radius 1 is 1.56 bits per heavy atom. The minimum Gasteiger partial charge on any atom is -0.353 e. The Hall–Kier alpha value is -1.12. The Bertz CT molecular complexity index is 251. The molecule has 0 amide bonds. The molecule has 0 unspecified atom stereocenters. The van der Waals surface area contributed by atoms with Gasteiger partial charge in [-0.25, -0.2) is 0 Å². The van der Waals surface area contributed by atoms with Crippen LogP contribution in [0, 0.1) is 0 Å². The van der Waals surface area contributed by atoms with Crippen LogP contribution in [0.15, 0.2) is 10.7 Å². The molecule has 0 radical (unpaired) electrons. The number of ketones is 1. The number of aryl methyl sites for hydroxylation is 1. The molecule has 1 aliphatic rings. The monoisotopic (exact) mass is 123 g/mol. The van der Waals surface area contributed by atoms with Gasteiger partial charge in [0.25, 0.3) is 0 Å². The molecule has 1 heterocycles. The normalized spacial score (nSPS) is 16.2. The van der Waals surface area contributed by atoms with E-state index in [9.17, 15) is 4.79 Å². The second-order valence-corrected chi connectivity index (χ2v) is 2.10. The van der Waals surface area contributed by atoms with E-state index < -0.39 is 0 Å². The van der Waals surface area contributed by atoms with Crippen LogP contribution in [0.1, 0.15) is 22.5 Å². The van der Waals surface area contributed by atoms with E-state index in [0.29, 0.717) is 12.2 Å². The highest BCUT2D eigenvalue weighted by Gasteiger charge is 2.23. The maximum absolute atomic E-state index is 10.8. The first kappa shape index (κ1) is 4.73. The van der Waals surface area contributed by atoms with Crippen molar-refractivity contribution in [1.29, 1.82) is 0 Å². The third-order valence-electron chi connectivity index (χ3n) is 1.52. The predicted molar refractivity (Wildman–Crippen MR) is 29.2 cm³/mol. The fraction of sp³-hybridized carbons (Fsp3) is 0.333. The number of hydrogen-bond donors (Lipinski definition) is 0. The van der Waals surface area contributed by atoms with E-state index in [0.717, 1.165) is 12.0 Å². The lowest BCUT2D eigenvalue weighted by molar-refractivity contribution is 0.0961. The quantitative estimate of drug-likeness (QED) is 0.512. The lowest BCUT2D eigenvalue weighted by Crippen LogP contribution is -1.87. The van der Waals surface area contributed by atoms with Gasteiger partial charge in [0.1, 0.15) is 0 Å². The Kier molecular flexibility index (Phi) is 0.754. The number of carbonyl (C=O) groups is 1. The van der Waals surface area contributed by atoms with Gasteiger partial charge in [0.2, 0.25) is 11.5 Å². The molecule has 0 bridgehead atoms. The molecule has 0 atom stereocenters. The maximum Gasteiger partial charge on any atom is 0.205 e. The van der Waals surface area contributed by atoms with Crippen molar-refractivity contribution >= 4 is 5.78 Å². The van der Waals surface area contributed by atoms with Crippen molar-refractivity contribution in [1.82, 2.24) is 5.16 Å². The van der Waals surface area contributed by atoms with E-state index in [1.807, 2.05) is 0 Å². The minimum absolute atomic E-state index is 0.0856. The highest BCUT2D eigenvalue weighted by Crippen LogP contribution is 2.20. The lowest BCUT2D eigenvalue weighted by atomic mass is 10.3. The van der Waals surface area contributed by atoms with E-state index in [4.69, 9.17) is 0 Å². The minimum atomic E-state index is 0.0856. The van der Waals surface area contributed by atoms with Crippen LogP contribution in [0.3, 0.4) is 0 Å². The largest absolute Gasteiger partial charge is 0.353 e. The average Bonchev–Trinajstić information content (AvgIpc) is 2.35. The Morgan fingerprint density at radius 3 is 3.22 bits per heavy atom. The van der Waals surface area contributed by atoms with Crippen LogP contribution < -0.4 is 0 Å². The van der Waals surface area contributed by atoms with E-state index >= 15 is 0 Å². The molecule has 0 saturated carbocycles. The van der Waals surface area contributed by atoms with Crippen LogP contribution in [0.4, 0.5) is 0 Å². The summed E-state index contributed by atoms with van der Waals surface area (Å²) in [4.78, 5) is 10.8. The molecule has 2 rings (SSSR count). The second-order valence-electron chi connectivity index (χ2n) is 2.10. The van der Waals surface area contributed by atoms with Gasteiger partial charge in [-0.05, 0) is 6.42 Å². The fourth-order valence-corrected chi connectivity index (χ4v) is 1.03. The first-order valence-corrected chi connectivity index (χ1v) is 2.84. The summed E-state index contributed by atoms with van der Waals surface area (Å²) in [6.07, 6.45) is 3.01. The zero-order valence-corrected chi connectivity index (χ0v) is 4.76. The maximum atomic E-state index is 10.8. The number of nitrogens with zero attached hydrogens (tertiary/aromatic N) is 1. The van der Waals surface area contributed by atoms with Crippen LogP contribution in [0.5, 0.6) is 0 Å². The van der Waals surface area contributed by atoms with Crippen molar-refractivity contribution in [3.8, 4) is 0 Å². The van der Waals surface area contributed by atoms with Crippen LogP contribution in [-0.2, 0) is 6.42 Å². The molecule has 0 fully saturated rings. The molecule has 9 heavy (non-hydrogen) atoms. The molecule has 1 aromatic rings. The van der Waals surface area contributed by atoms with Crippen molar-refractivity contribution < 1.29 is 9.32 Å². The van der Waals surface area contributed by atoms with E-state index in [2.05, 4.69) is 9.68 Å². The summed E-state index contributed by atoms with van der Waals surface area (Å²) in [7, 11) is 0. The molecule has 1 aliphatic carbocycles. The molecular formula is C6H5NO2. The fourth-order valence-electron chi connectivity index (χ4n) is 1.03. The standard InChI is InChI=1S/C6H5NO2/c8-5-2-1-4-3-7-9-6(4)5/h3H,1-2H2. The van der Waals surface area contributed by atoms with Crippen LogP contribution in [-0.4, -0.2) is 10.9 Å². The van der Waals surface area contributed by atoms with Crippen molar-refractivity contribution in [2.24, 2.45) is 0 Å². The van der Waals surface area contributed by atoms with Gasteiger partial charge in [0, 0.05) is 12.0 Å². The van der Waals surface area contributed by atoms with E-state index in [-0.39, 0.29) is 5.78 Å². The highest BCUT2D eigenvalue weighted by molar-refractivity contribution is 5.97. The molecule has 0 aromatic carbocycles. The predicted octanol–water partition coefficient (Wildman–Crippen LogP) is 0.803. The Balaban J connectivity index is 2.61. The smallest absolute Gasteiger partial charge is 0.205 e. The van der Waals surface area contributed by atoms with Gasteiger partial charge in [-0.3, -0.25) is 4.79 Å². The molecule has 46 valence electrons. The SMILES string of the molecule is O=C1CCc2cnoc21. The number of hydrogen-bond acceptors (Lipinski definition) is 3. The van der Waals surface area contributed by atoms with Crippen molar-refractivity contribution in [3.05, 3.63) is 17.5 Å². The van der Waals surface area contributed by atoms with Gasteiger partial charge < -0.3 is 4.52 Å². The number of carbonyl (C=O) groups excluding carboxylic acids is 1. The molecule has 3 nitrogen and oxygen atoms in total. The summed E-state index contributed by atoms with van der Waals surface area (Å²) in [6, 6.07) is 0. The third-order valence-corrected chi connectivity index (χ3v) is 1.52. The van der Waals surface area contributed by atoms with Crippen molar-refractivity contribution in [2.45, 2.75) is 12.8 Å². The number of Topliss-reactive ketones (excluding diaryl/α,β-unsaturated/α-hetero) is 1. The zero-order valence-electron chi connectivity index (χ0n) is 4.76. The van der Waals surface area contributed by atoms with Gasteiger partial charge in [0.15, 0.2) is 0 Å². The summed E-state index contributed by atoms with van der Waals surface area (Å²) in [6.45, 7) is 0. The molecular weight excluding hydrogens is 118 g/mol. The first-order chi connectivity index (χ1) is 4.38. The second kappa shape index (κ2) is 1.43. The first-order valence-electron chi connectivity index (χ1n) is 2.84. The molecule has 0 aliphatic heterocycles.